The molecule has 5 nitrogen and oxygen atoms in total. The standard InChI is InChI=1S/C15H20ClN3O2/c1-19(2)13(20)10-5-6-11(16)12(9-10)18-14(21)15(17)7-3-4-8-15/h5-6,9H,3-4,7-8,17H2,1-2H3,(H,18,21). The summed E-state index contributed by atoms with van der Waals surface area (Å²) in [6.07, 6.45) is 3.26. The van der Waals surface area contributed by atoms with Crippen LogP contribution in [0.3, 0.4) is 0 Å². The molecule has 0 bridgehead atoms. The summed E-state index contributed by atoms with van der Waals surface area (Å²) in [4.78, 5) is 25.7. The third kappa shape index (κ3) is 3.36. The third-order valence-electron chi connectivity index (χ3n) is 3.82. The Kier molecular flexibility index (Phi) is 4.54. The first kappa shape index (κ1) is 15.8. The minimum Gasteiger partial charge on any atom is -0.345 e. The van der Waals surface area contributed by atoms with E-state index in [2.05, 4.69) is 5.32 Å². The molecule has 0 radical (unpaired) electrons. The molecule has 0 unspecified atom stereocenters. The first-order valence-corrected chi connectivity index (χ1v) is 7.33. The molecule has 0 spiro atoms. The van der Waals surface area contributed by atoms with E-state index in [0.29, 0.717) is 29.1 Å². The van der Waals surface area contributed by atoms with E-state index in [1.807, 2.05) is 0 Å². The molecule has 1 aliphatic rings. The van der Waals surface area contributed by atoms with Crippen LogP contribution in [-0.4, -0.2) is 36.3 Å². The molecule has 1 fully saturated rings. The summed E-state index contributed by atoms with van der Waals surface area (Å²) in [6, 6.07) is 4.82. The second-order valence-electron chi connectivity index (χ2n) is 5.71. The first-order valence-electron chi connectivity index (χ1n) is 6.95. The van der Waals surface area contributed by atoms with Crippen LogP contribution in [0.2, 0.25) is 5.02 Å². The zero-order chi connectivity index (χ0) is 15.6. The summed E-state index contributed by atoms with van der Waals surface area (Å²) in [5.74, 6) is -0.387. The highest BCUT2D eigenvalue weighted by Crippen LogP contribution is 2.30. The lowest BCUT2D eigenvalue weighted by atomic mass is 9.98. The van der Waals surface area contributed by atoms with E-state index >= 15 is 0 Å². The molecule has 2 amide bonds. The summed E-state index contributed by atoms with van der Waals surface area (Å²) in [5.41, 5.74) is 6.18. The van der Waals surface area contributed by atoms with E-state index in [9.17, 15) is 9.59 Å². The number of benzene rings is 1. The number of nitrogens with two attached hydrogens (primary N) is 1. The van der Waals surface area contributed by atoms with Crippen LogP contribution < -0.4 is 11.1 Å². The zero-order valence-electron chi connectivity index (χ0n) is 12.3. The van der Waals surface area contributed by atoms with Crippen LogP contribution in [0, 0.1) is 0 Å². The van der Waals surface area contributed by atoms with Crippen LogP contribution >= 0.6 is 11.6 Å². The van der Waals surface area contributed by atoms with Crippen LogP contribution in [0.1, 0.15) is 36.0 Å². The number of nitrogens with zero attached hydrogens (tertiary/aromatic N) is 1. The van der Waals surface area contributed by atoms with E-state index in [0.717, 1.165) is 12.8 Å². The molecule has 114 valence electrons. The Balaban J connectivity index is 2.21. The topological polar surface area (TPSA) is 75.4 Å². The van der Waals surface area contributed by atoms with Gasteiger partial charge in [-0.05, 0) is 31.0 Å². The summed E-state index contributed by atoms with van der Waals surface area (Å²) in [7, 11) is 3.34. The van der Waals surface area contributed by atoms with Crippen LogP contribution in [0.15, 0.2) is 18.2 Å². The van der Waals surface area contributed by atoms with E-state index in [4.69, 9.17) is 17.3 Å². The van der Waals surface area contributed by atoms with Gasteiger partial charge < -0.3 is 16.0 Å². The fraction of sp³-hybridized carbons (Fsp3) is 0.467. The maximum absolute atomic E-state index is 12.3. The van der Waals surface area contributed by atoms with Crippen molar-refractivity contribution in [3.05, 3.63) is 28.8 Å². The van der Waals surface area contributed by atoms with Gasteiger partial charge in [-0.1, -0.05) is 24.4 Å². The van der Waals surface area contributed by atoms with Crippen molar-refractivity contribution in [2.45, 2.75) is 31.2 Å². The van der Waals surface area contributed by atoms with Crippen LogP contribution in [0.4, 0.5) is 5.69 Å². The van der Waals surface area contributed by atoms with Gasteiger partial charge in [0.25, 0.3) is 5.91 Å². The highest BCUT2D eigenvalue weighted by atomic mass is 35.5. The van der Waals surface area contributed by atoms with Crippen molar-refractivity contribution in [3.8, 4) is 0 Å². The van der Waals surface area contributed by atoms with Crippen molar-refractivity contribution < 1.29 is 9.59 Å². The number of hydrogen-bond donors (Lipinski definition) is 2. The van der Waals surface area contributed by atoms with Crippen molar-refractivity contribution in [1.82, 2.24) is 4.90 Å². The Bertz CT molecular complexity index is 566. The Labute approximate surface area is 129 Å². The molecule has 1 aromatic rings. The second kappa shape index (κ2) is 6.03. The van der Waals surface area contributed by atoms with Crippen molar-refractivity contribution in [2.75, 3.05) is 19.4 Å². The number of rotatable bonds is 3. The molecular weight excluding hydrogens is 290 g/mol. The summed E-state index contributed by atoms with van der Waals surface area (Å²) in [5, 5.41) is 3.15. The van der Waals surface area contributed by atoms with Gasteiger partial charge in [-0.2, -0.15) is 0 Å². The van der Waals surface area contributed by atoms with E-state index in [-0.39, 0.29) is 11.8 Å². The largest absolute Gasteiger partial charge is 0.345 e. The lowest BCUT2D eigenvalue weighted by Gasteiger charge is -2.23. The summed E-state index contributed by atoms with van der Waals surface area (Å²) < 4.78 is 0. The van der Waals surface area contributed by atoms with Gasteiger partial charge in [-0.15, -0.1) is 0 Å². The van der Waals surface area contributed by atoms with Crippen molar-refractivity contribution in [1.29, 1.82) is 0 Å². The Morgan fingerprint density at radius 1 is 1.29 bits per heavy atom. The molecule has 1 saturated carbocycles. The molecule has 21 heavy (non-hydrogen) atoms. The molecule has 0 saturated heterocycles. The maximum atomic E-state index is 12.3. The minimum absolute atomic E-state index is 0.148. The lowest BCUT2D eigenvalue weighted by molar-refractivity contribution is -0.121. The molecule has 0 aliphatic heterocycles. The smallest absolute Gasteiger partial charge is 0.253 e. The van der Waals surface area contributed by atoms with Gasteiger partial charge in [0.15, 0.2) is 0 Å². The van der Waals surface area contributed by atoms with Crippen molar-refractivity contribution >= 4 is 29.1 Å². The maximum Gasteiger partial charge on any atom is 0.253 e. The Morgan fingerprint density at radius 3 is 2.48 bits per heavy atom. The van der Waals surface area contributed by atoms with Crippen molar-refractivity contribution in [3.63, 3.8) is 0 Å². The molecular formula is C15H20ClN3O2. The lowest BCUT2D eigenvalue weighted by Crippen LogP contribution is -2.48. The molecule has 6 heteroatoms. The van der Waals surface area contributed by atoms with Gasteiger partial charge in [-0.3, -0.25) is 9.59 Å². The Morgan fingerprint density at radius 2 is 1.90 bits per heavy atom. The van der Waals surface area contributed by atoms with Crippen molar-refractivity contribution in [2.24, 2.45) is 5.73 Å². The molecule has 2 rings (SSSR count). The quantitative estimate of drug-likeness (QED) is 0.899. The predicted octanol–water partition coefficient (Wildman–Crippen LogP) is 2.25. The molecule has 0 aromatic heterocycles. The fourth-order valence-corrected chi connectivity index (χ4v) is 2.66. The Hall–Kier alpha value is -1.59. The molecule has 3 N–H and O–H groups in total. The third-order valence-corrected chi connectivity index (χ3v) is 4.15. The average molecular weight is 310 g/mol. The number of carbonyl (C=O) groups is 2. The van der Waals surface area contributed by atoms with Gasteiger partial charge in [0.05, 0.1) is 16.2 Å². The summed E-state index contributed by atoms with van der Waals surface area (Å²) in [6.45, 7) is 0. The fourth-order valence-electron chi connectivity index (χ4n) is 2.49. The number of anilines is 1. The van der Waals surface area contributed by atoms with Crippen LogP contribution in [-0.2, 0) is 4.79 Å². The summed E-state index contributed by atoms with van der Waals surface area (Å²) >= 11 is 6.10. The number of carbonyl (C=O) groups excluding carboxylic acids is 2. The van der Waals surface area contributed by atoms with Gasteiger partial charge in [0.2, 0.25) is 5.91 Å². The highest BCUT2D eigenvalue weighted by molar-refractivity contribution is 6.34. The molecule has 1 aliphatic carbocycles. The second-order valence-corrected chi connectivity index (χ2v) is 6.12. The highest BCUT2D eigenvalue weighted by Gasteiger charge is 2.37. The van der Waals surface area contributed by atoms with E-state index in [1.165, 1.54) is 4.90 Å². The van der Waals surface area contributed by atoms with E-state index in [1.54, 1.807) is 32.3 Å². The van der Waals surface area contributed by atoms with E-state index < -0.39 is 5.54 Å². The molecule has 0 heterocycles. The van der Waals surface area contributed by atoms with Gasteiger partial charge in [0, 0.05) is 19.7 Å². The number of halogens is 1. The predicted molar refractivity (Wildman–Crippen MR) is 83.5 cm³/mol. The number of amides is 2. The van der Waals surface area contributed by atoms with Gasteiger partial charge in [-0.25, -0.2) is 0 Å². The number of hydrogen-bond acceptors (Lipinski definition) is 3. The SMILES string of the molecule is CN(C)C(=O)c1ccc(Cl)c(NC(=O)C2(N)CCCC2)c1. The van der Waals surface area contributed by atoms with Gasteiger partial charge in [0.1, 0.15) is 0 Å². The van der Waals surface area contributed by atoms with Crippen LogP contribution in [0.5, 0.6) is 0 Å². The molecule has 1 aromatic carbocycles. The zero-order valence-corrected chi connectivity index (χ0v) is 13.0. The first-order chi connectivity index (χ1) is 9.83. The van der Waals surface area contributed by atoms with Gasteiger partial charge >= 0.3 is 0 Å². The van der Waals surface area contributed by atoms with Crippen LogP contribution in [0.25, 0.3) is 0 Å². The number of nitrogens with one attached hydrogen (secondary N) is 1. The monoisotopic (exact) mass is 309 g/mol. The average Bonchev–Trinajstić information content (AvgIpc) is 2.88. The minimum atomic E-state index is -0.828. The molecule has 0 atom stereocenters. The normalized spacial score (nSPS) is 16.6.